The molecule has 1 saturated heterocycles. The third-order valence-corrected chi connectivity index (χ3v) is 2.43. The van der Waals surface area contributed by atoms with Crippen LogP contribution in [0.1, 0.15) is 6.04 Å². The molecule has 1 fully saturated rings. The average Bonchev–Trinajstić information content (AvgIpc) is 2.43. The molecule has 66 valence electrons. The number of hydrogen-bond donors (Lipinski definition) is 0. The van der Waals surface area contributed by atoms with Crippen LogP contribution in [0.3, 0.4) is 0 Å². The molecular formula is C10H10N2O. The first-order valence-corrected chi connectivity index (χ1v) is 4.45. The molecule has 2 aromatic rings. The van der Waals surface area contributed by atoms with Gasteiger partial charge in [0.2, 0.25) is 0 Å². The number of rotatable bonds is 1. The van der Waals surface area contributed by atoms with Crippen LogP contribution >= 0.6 is 0 Å². The maximum absolute atomic E-state index is 5.12. The maximum Gasteiger partial charge on any atom is 0.0985 e. The molecule has 0 spiro atoms. The maximum atomic E-state index is 5.12. The Bertz CT molecular complexity index is 398. The van der Waals surface area contributed by atoms with E-state index in [1.54, 1.807) is 0 Å². The summed E-state index contributed by atoms with van der Waals surface area (Å²) in [7, 11) is 0. The number of nitrogens with zero attached hydrogens (tertiary/aromatic N) is 2. The van der Waals surface area contributed by atoms with Crippen LogP contribution in [0.5, 0.6) is 0 Å². The number of aromatic nitrogens is 2. The highest BCUT2D eigenvalue weighted by Gasteiger charge is 2.20. The number of fused-ring (bicyclic) bond motifs is 1. The summed E-state index contributed by atoms with van der Waals surface area (Å²) in [6, 6.07) is 8.61. The minimum Gasteiger partial charge on any atom is -0.377 e. The fraction of sp³-hybridized carbons (Fsp3) is 0.300. The van der Waals surface area contributed by atoms with Gasteiger partial charge in [0.15, 0.2) is 0 Å². The van der Waals surface area contributed by atoms with Crippen molar-refractivity contribution in [1.82, 2.24) is 9.78 Å². The van der Waals surface area contributed by atoms with Crippen molar-refractivity contribution in [3.8, 4) is 0 Å². The average molecular weight is 174 g/mol. The number of ether oxygens (including phenoxy) is 1. The van der Waals surface area contributed by atoms with E-state index in [-0.39, 0.29) is 0 Å². The molecule has 0 N–H and O–H groups in total. The van der Waals surface area contributed by atoms with Crippen LogP contribution < -0.4 is 0 Å². The number of benzene rings is 1. The van der Waals surface area contributed by atoms with Gasteiger partial charge in [0.05, 0.1) is 24.8 Å². The molecule has 0 bridgehead atoms. The van der Waals surface area contributed by atoms with Crippen molar-refractivity contribution in [1.29, 1.82) is 0 Å². The SMILES string of the molecule is c1ccc2nn(C3COC3)cc2c1. The molecule has 13 heavy (non-hydrogen) atoms. The predicted molar refractivity (Wildman–Crippen MR) is 49.6 cm³/mol. The summed E-state index contributed by atoms with van der Waals surface area (Å²) < 4.78 is 7.13. The van der Waals surface area contributed by atoms with Crippen molar-refractivity contribution in [3.05, 3.63) is 30.5 Å². The Morgan fingerprint density at radius 3 is 2.85 bits per heavy atom. The van der Waals surface area contributed by atoms with Gasteiger partial charge in [0.25, 0.3) is 0 Å². The van der Waals surface area contributed by atoms with Crippen LogP contribution in [0.4, 0.5) is 0 Å². The molecule has 2 heterocycles. The molecule has 1 aromatic heterocycles. The second-order valence-corrected chi connectivity index (χ2v) is 3.36. The van der Waals surface area contributed by atoms with Crippen LogP contribution in [0, 0.1) is 0 Å². The van der Waals surface area contributed by atoms with Crippen LogP contribution in [0.25, 0.3) is 10.9 Å². The highest BCUT2D eigenvalue weighted by atomic mass is 16.5. The summed E-state index contributed by atoms with van der Waals surface area (Å²) >= 11 is 0. The van der Waals surface area contributed by atoms with Crippen LogP contribution in [0.15, 0.2) is 30.5 Å². The summed E-state index contributed by atoms with van der Waals surface area (Å²) in [5.41, 5.74) is 1.06. The minimum absolute atomic E-state index is 0.451. The van der Waals surface area contributed by atoms with E-state index in [2.05, 4.69) is 17.4 Å². The Labute approximate surface area is 75.9 Å². The molecular weight excluding hydrogens is 164 g/mol. The standard InChI is InChI=1S/C10H10N2O/c1-2-4-10-8(3-1)5-12(11-10)9-6-13-7-9/h1-5,9H,6-7H2. The summed E-state index contributed by atoms with van der Waals surface area (Å²) in [5, 5.41) is 5.67. The van der Waals surface area contributed by atoms with E-state index in [0.717, 1.165) is 18.7 Å². The first-order valence-electron chi connectivity index (χ1n) is 4.45. The monoisotopic (exact) mass is 174 g/mol. The number of hydrogen-bond acceptors (Lipinski definition) is 2. The van der Waals surface area contributed by atoms with Crippen molar-refractivity contribution in [3.63, 3.8) is 0 Å². The van der Waals surface area contributed by atoms with Gasteiger partial charge in [-0.3, -0.25) is 4.68 Å². The molecule has 1 aliphatic heterocycles. The van der Waals surface area contributed by atoms with Crippen molar-refractivity contribution in [2.45, 2.75) is 6.04 Å². The zero-order chi connectivity index (χ0) is 8.67. The smallest absolute Gasteiger partial charge is 0.0985 e. The summed E-state index contributed by atoms with van der Waals surface area (Å²) in [5.74, 6) is 0. The molecule has 0 aliphatic carbocycles. The van der Waals surface area contributed by atoms with Crippen molar-refractivity contribution in [2.75, 3.05) is 13.2 Å². The van der Waals surface area contributed by atoms with E-state index in [0.29, 0.717) is 6.04 Å². The molecule has 0 radical (unpaired) electrons. The Balaban J connectivity index is 2.10. The van der Waals surface area contributed by atoms with E-state index in [1.165, 1.54) is 5.39 Å². The second-order valence-electron chi connectivity index (χ2n) is 3.36. The Morgan fingerprint density at radius 2 is 2.15 bits per heavy atom. The zero-order valence-corrected chi connectivity index (χ0v) is 7.18. The van der Waals surface area contributed by atoms with Crippen molar-refractivity contribution < 1.29 is 4.74 Å². The molecule has 0 amide bonds. The first-order chi connectivity index (χ1) is 6.43. The second kappa shape index (κ2) is 2.57. The van der Waals surface area contributed by atoms with Gasteiger partial charge in [-0.05, 0) is 6.07 Å². The molecule has 1 aromatic carbocycles. The van der Waals surface area contributed by atoms with E-state index in [9.17, 15) is 0 Å². The predicted octanol–water partition coefficient (Wildman–Crippen LogP) is 1.61. The summed E-state index contributed by atoms with van der Waals surface area (Å²) in [6.45, 7) is 1.60. The fourth-order valence-corrected chi connectivity index (χ4v) is 1.55. The molecule has 0 saturated carbocycles. The van der Waals surface area contributed by atoms with Crippen LogP contribution in [-0.2, 0) is 4.74 Å². The lowest BCUT2D eigenvalue weighted by Gasteiger charge is -2.25. The summed E-state index contributed by atoms with van der Waals surface area (Å²) in [6.07, 6.45) is 2.09. The van der Waals surface area contributed by atoms with Crippen molar-refractivity contribution in [2.24, 2.45) is 0 Å². The third kappa shape index (κ3) is 1.04. The third-order valence-electron chi connectivity index (χ3n) is 2.43. The Kier molecular flexibility index (Phi) is 1.40. The highest BCUT2D eigenvalue weighted by molar-refractivity contribution is 5.77. The zero-order valence-electron chi connectivity index (χ0n) is 7.18. The topological polar surface area (TPSA) is 27.1 Å². The van der Waals surface area contributed by atoms with Crippen LogP contribution in [0.2, 0.25) is 0 Å². The quantitative estimate of drug-likeness (QED) is 0.656. The lowest BCUT2D eigenvalue weighted by atomic mass is 10.2. The van der Waals surface area contributed by atoms with Gasteiger partial charge in [0.1, 0.15) is 0 Å². The molecule has 3 nitrogen and oxygen atoms in total. The van der Waals surface area contributed by atoms with E-state index in [1.807, 2.05) is 22.9 Å². The Hall–Kier alpha value is -1.35. The van der Waals surface area contributed by atoms with Gasteiger partial charge in [-0.25, -0.2) is 0 Å². The fourth-order valence-electron chi connectivity index (χ4n) is 1.55. The normalized spacial score (nSPS) is 17.5. The lowest BCUT2D eigenvalue weighted by molar-refractivity contribution is -0.0283. The molecule has 0 unspecified atom stereocenters. The largest absolute Gasteiger partial charge is 0.377 e. The van der Waals surface area contributed by atoms with Gasteiger partial charge in [0, 0.05) is 11.6 Å². The Morgan fingerprint density at radius 1 is 1.31 bits per heavy atom. The van der Waals surface area contributed by atoms with Gasteiger partial charge in [-0.2, -0.15) is 5.10 Å². The molecule has 0 atom stereocenters. The first kappa shape index (κ1) is 7.09. The van der Waals surface area contributed by atoms with E-state index < -0.39 is 0 Å². The van der Waals surface area contributed by atoms with Gasteiger partial charge >= 0.3 is 0 Å². The van der Waals surface area contributed by atoms with Crippen LogP contribution in [-0.4, -0.2) is 23.0 Å². The van der Waals surface area contributed by atoms with Gasteiger partial charge in [-0.15, -0.1) is 0 Å². The molecule has 3 heteroatoms. The summed E-state index contributed by atoms with van der Waals surface area (Å²) in [4.78, 5) is 0. The lowest BCUT2D eigenvalue weighted by Crippen LogP contribution is -2.30. The minimum atomic E-state index is 0.451. The van der Waals surface area contributed by atoms with Gasteiger partial charge in [-0.1, -0.05) is 18.2 Å². The van der Waals surface area contributed by atoms with E-state index >= 15 is 0 Å². The van der Waals surface area contributed by atoms with E-state index in [4.69, 9.17) is 4.74 Å². The van der Waals surface area contributed by atoms with Gasteiger partial charge < -0.3 is 4.74 Å². The molecule has 3 rings (SSSR count). The highest BCUT2D eigenvalue weighted by Crippen LogP contribution is 2.19. The molecule has 1 aliphatic rings. The van der Waals surface area contributed by atoms with Crippen molar-refractivity contribution >= 4 is 10.9 Å².